The zero-order valence-corrected chi connectivity index (χ0v) is 14.7. The molecule has 1 rings (SSSR count). The lowest BCUT2D eigenvalue weighted by Gasteiger charge is -2.22. The van der Waals surface area contributed by atoms with Gasteiger partial charge in [-0.1, -0.05) is 31.1 Å². The summed E-state index contributed by atoms with van der Waals surface area (Å²) in [6, 6.07) is 5.95. The average molecular weight is 321 g/mol. The Morgan fingerprint density at radius 3 is 2.73 bits per heavy atom. The first-order valence-corrected chi connectivity index (χ1v) is 8.62. The van der Waals surface area contributed by atoms with Crippen LogP contribution in [0, 0.1) is 6.92 Å². The van der Waals surface area contributed by atoms with Crippen molar-refractivity contribution in [3.8, 4) is 0 Å². The van der Waals surface area contributed by atoms with Gasteiger partial charge in [-0.2, -0.15) is 0 Å². The van der Waals surface area contributed by atoms with Gasteiger partial charge in [0.05, 0.1) is 12.7 Å². The summed E-state index contributed by atoms with van der Waals surface area (Å²) in [6.07, 6.45) is 6.37. The molecule has 0 aliphatic heterocycles. The molecule has 0 atom stereocenters. The molecule has 0 heterocycles. The second-order valence-electron chi connectivity index (χ2n) is 5.30. The van der Waals surface area contributed by atoms with E-state index in [0.29, 0.717) is 5.56 Å². The number of esters is 1. The topological polar surface area (TPSA) is 29.5 Å². The second kappa shape index (κ2) is 10.5. The Hall–Kier alpha value is -1.26. The molecule has 122 valence electrons. The lowest BCUT2D eigenvalue weighted by molar-refractivity contribution is 0.0596. The third-order valence-electron chi connectivity index (χ3n) is 3.34. The number of hydrogen-bond donors (Lipinski definition) is 0. The fourth-order valence-corrected chi connectivity index (χ4v) is 3.17. The fraction of sp³-hybridized carbons (Fsp3) is 0.500. The van der Waals surface area contributed by atoms with Crippen molar-refractivity contribution in [1.29, 1.82) is 0 Å². The highest BCUT2D eigenvalue weighted by Crippen LogP contribution is 2.28. The van der Waals surface area contributed by atoms with Crippen molar-refractivity contribution >= 4 is 17.9 Å². The summed E-state index contributed by atoms with van der Waals surface area (Å²) < 4.78 is 7.25. The molecule has 0 fully saturated rings. The fourth-order valence-electron chi connectivity index (χ4n) is 2.08. The van der Waals surface area contributed by atoms with Crippen LogP contribution in [0.25, 0.3) is 0 Å². The predicted octanol–water partition coefficient (Wildman–Crippen LogP) is 4.86. The molecule has 3 nitrogen and oxygen atoms in total. The number of ether oxygens (including phenoxy) is 1. The molecule has 0 aromatic heterocycles. The second-order valence-corrected chi connectivity index (χ2v) is 6.43. The summed E-state index contributed by atoms with van der Waals surface area (Å²) in [6.45, 7) is 9.97. The van der Waals surface area contributed by atoms with E-state index in [2.05, 4.69) is 17.8 Å². The first-order valence-electron chi connectivity index (χ1n) is 7.85. The van der Waals surface area contributed by atoms with Gasteiger partial charge in [-0.25, -0.2) is 9.10 Å². The molecule has 1 aromatic rings. The Balaban J connectivity index is 2.86. The van der Waals surface area contributed by atoms with Gasteiger partial charge in [-0.05, 0) is 50.3 Å². The van der Waals surface area contributed by atoms with E-state index in [4.69, 9.17) is 4.74 Å². The predicted molar refractivity (Wildman–Crippen MR) is 94.3 cm³/mol. The van der Waals surface area contributed by atoms with E-state index < -0.39 is 0 Å². The van der Waals surface area contributed by atoms with Crippen LogP contribution in [0.15, 0.2) is 35.7 Å². The first-order chi connectivity index (χ1) is 10.6. The molecular weight excluding hydrogens is 294 g/mol. The Kier molecular flexibility index (Phi) is 8.94. The molecule has 1 aromatic carbocycles. The van der Waals surface area contributed by atoms with E-state index in [1.54, 1.807) is 11.9 Å². The monoisotopic (exact) mass is 321 g/mol. The average Bonchev–Trinajstić information content (AvgIpc) is 2.53. The molecule has 0 aliphatic rings. The summed E-state index contributed by atoms with van der Waals surface area (Å²) in [4.78, 5) is 12.9. The largest absolute Gasteiger partial charge is 0.465 e. The minimum Gasteiger partial charge on any atom is -0.465 e. The number of carbonyl (C=O) groups excluding carboxylic acids is 1. The third-order valence-corrected chi connectivity index (χ3v) is 4.52. The van der Waals surface area contributed by atoms with Crippen LogP contribution in [0.3, 0.4) is 0 Å². The van der Waals surface area contributed by atoms with Crippen LogP contribution in [-0.2, 0) is 4.74 Å². The number of benzene rings is 1. The maximum Gasteiger partial charge on any atom is 0.339 e. The first kappa shape index (κ1) is 18.8. The van der Waals surface area contributed by atoms with Crippen molar-refractivity contribution < 1.29 is 9.53 Å². The summed E-state index contributed by atoms with van der Waals surface area (Å²) in [5, 5.41) is 0. The maximum atomic E-state index is 12.0. The van der Waals surface area contributed by atoms with Gasteiger partial charge in [0.1, 0.15) is 0 Å². The highest BCUT2D eigenvalue weighted by atomic mass is 32.2. The number of aryl methyl sites for hydroxylation is 1. The maximum absolute atomic E-state index is 12.0. The summed E-state index contributed by atoms with van der Waals surface area (Å²) in [5.41, 5.74) is 1.72. The lowest BCUT2D eigenvalue weighted by atomic mass is 10.1. The van der Waals surface area contributed by atoms with Crippen molar-refractivity contribution in [2.24, 2.45) is 0 Å². The number of hydrogen-bond acceptors (Lipinski definition) is 4. The zero-order chi connectivity index (χ0) is 16.4. The van der Waals surface area contributed by atoms with Crippen LogP contribution >= 0.6 is 11.9 Å². The van der Waals surface area contributed by atoms with Gasteiger partial charge in [0, 0.05) is 18.0 Å². The SMILES string of the molecule is C=CCCCN(CCCC)Sc1ccc(C)cc1C(=O)OC. The van der Waals surface area contributed by atoms with Crippen LogP contribution in [0.2, 0.25) is 0 Å². The molecule has 22 heavy (non-hydrogen) atoms. The molecule has 0 spiro atoms. The highest BCUT2D eigenvalue weighted by molar-refractivity contribution is 7.97. The van der Waals surface area contributed by atoms with Crippen LogP contribution in [0.4, 0.5) is 0 Å². The van der Waals surface area contributed by atoms with Gasteiger partial charge in [0.25, 0.3) is 0 Å². The minimum absolute atomic E-state index is 0.271. The Morgan fingerprint density at radius 2 is 2.09 bits per heavy atom. The van der Waals surface area contributed by atoms with Gasteiger partial charge in [0.2, 0.25) is 0 Å². The Bertz CT molecular complexity index is 488. The lowest BCUT2D eigenvalue weighted by Crippen LogP contribution is -2.19. The smallest absolute Gasteiger partial charge is 0.339 e. The molecule has 0 aliphatic carbocycles. The quantitative estimate of drug-likeness (QED) is 0.266. The van der Waals surface area contributed by atoms with Crippen molar-refractivity contribution in [1.82, 2.24) is 4.31 Å². The number of rotatable bonds is 10. The number of unbranched alkanes of at least 4 members (excludes halogenated alkanes) is 2. The van der Waals surface area contributed by atoms with E-state index in [0.717, 1.165) is 49.2 Å². The molecule has 0 N–H and O–H groups in total. The molecule has 0 amide bonds. The van der Waals surface area contributed by atoms with Crippen LogP contribution in [0.1, 0.15) is 48.5 Å². The van der Waals surface area contributed by atoms with Gasteiger partial charge >= 0.3 is 5.97 Å². The van der Waals surface area contributed by atoms with Crippen molar-refractivity contribution in [2.75, 3.05) is 20.2 Å². The number of nitrogens with zero attached hydrogens (tertiary/aromatic N) is 1. The third kappa shape index (κ3) is 6.24. The molecule has 0 saturated heterocycles. The molecule has 0 bridgehead atoms. The van der Waals surface area contributed by atoms with E-state index in [9.17, 15) is 4.79 Å². The Labute approximate surface area is 138 Å². The van der Waals surface area contributed by atoms with Crippen LogP contribution in [0.5, 0.6) is 0 Å². The molecule has 0 radical (unpaired) electrons. The van der Waals surface area contributed by atoms with Gasteiger partial charge < -0.3 is 4.74 Å². The highest BCUT2D eigenvalue weighted by Gasteiger charge is 2.15. The van der Waals surface area contributed by atoms with Gasteiger partial charge in [-0.3, -0.25) is 0 Å². The summed E-state index contributed by atoms with van der Waals surface area (Å²) in [7, 11) is 1.43. The van der Waals surface area contributed by atoms with Gasteiger partial charge in [-0.15, -0.1) is 6.58 Å². The van der Waals surface area contributed by atoms with Gasteiger partial charge in [0.15, 0.2) is 0 Å². The molecule has 0 unspecified atom stereocenters. The van der Waals surface area contributed by atoms with Crippen molar-refractivity contribution in [3.63, 3.8) is 0 Å². The normalized spacial score (nSPS) is 10.7. The summed E-state index contributed by atoms with van der Waals surface area (Å²) in [5.74, 6) is -0.271. The van der Waals surface area contributed by atoms with Crippen molar-refractivity contribution in [3.05, 3.63) is 42.0 Å². The number of carbonyl (C=O) groups is 1. The standard InChI is InChI=1S/C18H27NO2S/c1-5-7-9-13-19(12-8-6-2)22-17-11-10-15(3)14-16(17)18(20)21-4/h5,10-11,14H,1,6-9,12-13H2,2-4H3. The van der Waals surface area contributed by atoms with E-state index in [1.807, 2.05) is 31.2 Å². The zero-order valence-electron chi connectivity index (χ0n) is 13.9. The molecule has 0 saturated carbocycles. The van der Waals surface area contributed by atoms with E-state index >= 15 is 0 Å². The van der Waals surface area contributed by atoms with Crippen LogP contribution < -0.4 is 0 Å². The minimum atomic E-state index is -0.271. The Morgan fingerprint density at radius 1 is 1.36 bits per heavy atom. The number of allylic oxidation sites excluding steroid dienone is 1. The van der Waals surface area contributed by atoms with Crippen molar-refractivity contribution in [2.45, 2.75) is 44.4 Å². The molecular formula is C18H27NO2S. The summed E-state index contributed by atoms with van der Waals surface area (Å²) >= 11 is 1.66. The van der Waals surface area contributed by atoms with E-state index in [1.165, 1.54) is 7.11 Å². The number of methoxy groups -OCH3 is 1. The van der Waals surface area contributed by atoms with E-state index in [-0.39, 0.29) is 5.97 Å². The van der Waals surface area contributed by atoms with Crippen LogP contribution in [-0.4, -0.2) is 30.5 Å². The molecule has 4 heteroatoms.